The van der Waals surface area contributed by atoms with E-state index >= 15 is 0 Å². The van der Waals surface area contributed by atoms with Crippen LogP contribution in [0.25, 0.3) is 0 Å². The van der Waals surface area contributed by atoms with Gasteiger partial charge in [-0.1, -0.05) is 343 Å². The molecule has 17 nitrogen and oxygen atoms in total. The normalized spacial score (nSPS) is 14.6. The molecule has 7 atom stereocenters. The molecule has 0 aliphatic rings. The average molecular weight is 1400 g/mol. The highest BCUT2D eigenvalue weighted by Crippen LogP contribution is 2.45. The number of unbranched alkanes of at least 4 members (excludes halogenated alkanes) is 43. The average Bonchev–Trinajstić information content (AvgIpc) is 1.77. The number of rotatable bonds is 75. The second-order valence-corrected chi connectivity index (χ2v) is 30.8. The van der Waals surface area contributed by atoms with Gasteiger partial charge in [-0.15, -0.1) is 0 Å². The van der Waals surface area contributed by atoms with E-state index in [1.54, 1.807) is 0 Å². The van der Waals surface area contributed by atoms with Crippen LogP contribution in [-0.4, -0.2) is 96.7 Å². The van der Waals surface area contributed by atoms with Gasteiger partial charge in [-0.3, -0.25) is 37.3 Å². The highest BCUT2D eigenvalue weighted by Gasteiger charge is 2.30. The zero-order valence-electron chi connectivity index (χ0n) is 62.0. The second-order valence-electron chi connectivity index (χ2n) is 27.9. The van der Waals surface area contributed by atoms with Crippen molar-refractivity contribution < 1.29 is 80.2 Å². The van der Waals surface area contributed by atoms with Crippen LogP contribution in [0.1, 0.15) is 395 Å². The second kappa shape index (κ2) is 67.9. The third-order valence-corrected chi connectivity index (χ3v) is 20.3. The molecule has 0 fully saturated rings. The predicted molar refractivity (Wildman–Crippen MR) is 386 cm³/mol. The zero-order valence-corrected chi connectivity index (χ0v) is 63.8. The van der Waals surface area contributed by atoms with Crippen molar-refractivity contribution in [3.8, 4) is 0 Å². The zero-order chi connectivity index (χ0) is 70.0. The molecular weight excluding hydrogens is 1250 g/mol. The number of aliphatic hydroxyl groups is 1. The maximum Gasteiger partial charge on any atom is 0.472 e. The molecule has 0 aromatic carbocycles. The summed E-state index contributed by atoms with van der Waals surface area (Å²) in [6.07, 6.45) is 55.7. The summed E-state index contributed by atoms with van der Waals surface area (Å²) in [5.74, 6) is -0.430. The van der Waals surface area contributed by atoms with Crippen LogP contribution in [-0.2, 0) is 65.4 Å². The van der Waals surface area contributed by atoms with E-state index < -0.39 is 97.5 Å². The van der Waals surface area contributed by atoms with E-state index in [1.807, 2.05) is 0 Å². The minimum Gasteiger partial charge on any atom is -0.462 e. The fourth-order valence-corrected chi connectivity index (χ4v) is 13.2. The first kappa shape index (κ1) is 93.1. The van der Waals surface area contributed by atoms with Gasteiger partial charge in [0.15, 0.2) is 12.2 Å². The summed E-state index contributed by atoms with van der Waals surface area (Å²) in [6, 6.07) is 0. The fraction of sp³-hybridized carbons (Fsp3) is 0.947. The topological polar surface area (TPSA) is 237 Å². The lowest BCUT2D eigenvalue weighted by atomic mass is 9.99. The Bertz CT molecular complexity index is 1840. The summed E-state index contributed by atoms with van der Waals surface area (Å²) < 4.78 is 68.3. The molecule has 0 saturated heterocycles. The summed E-state index contributed by atoms with van der Waals surface area (Å²) in [7, 11) is -9.90. The Hall–Kier alpha value is -1.94. The highest BCUT2D eigenvalue weighted by atomic mass is 31.2. The lowest BCUT2D eigenvalue weighted by Crippen LogP contribution is -2.30. The summed E-state index contributed by atoms with van der Waals surface area (Å²) in [6.45, 7) is 9.62. The fourth-order valence-electron chi connectivity index (χ4n) is 11.6. The van der Waals surface area contributed by atoms with Crippen molar-refractivity contribution in [3.63, 3.8) is 0 Å². The first-order valence-electron chi connectivity index (χ1n) is 39.6. The SMILES string of the molecule is CCCCCCCCCCCCCCCCC(=O)O[C@H](COC(=O)CCCCCCC)COP(=O)(O)OC[C@H](O)COP(=O)(O)OC[C@@H](COC(=O)CCCCCCCCCCCCCCCCC(C)CC)OC(=O)CCCCCCCCCCCCCCCCC(C)CC. The van der Waals surface area contributed by atoms with E-state index in [1.165, 1.54) is 205 Å². The van der Waals surface area contributed by atoms with Gasteiger partial charge in [-0.05, 0) is 37.5 Å². The number of phosphoric acid groups is 2. The molecule has 4 unspecified atom stereocenters. The van der Waals surface area contributed by atoms with Gasteiger partial charge < -0.3 is 33.8 Å². The number of ether oxygens (including phenoxy) is 4. The molecule has 0 spiro atoms. The molecular formula is C76H148O17P2. The van der Waals surface area contributed by atoms with Crippen LogP contribution in [0.2, 0.25) is 0 Å². The Labute approximate surface area is 581 Å². The van der Waals surface area contributed by atoms with E-state index in [9.17, 15) is 43.2 Å². The molecule has 0 heterocycles. The van der Waals surface area contributed by atoms with Crippen LogP contribution in [0, 0.1) is 11.8 Å². The molecule has 564 valence electrons. The first-order valence-corrected chi connectivity index (χ1v) is 42.6. The van der Waals surface area contributed by atoms with Gasteiger partial charge in [0.05, 0.1) is 26.4 Å². The minimum atomic E-state index is -4.96. The van der Waals surface area contributed by atoms with Crippen molar-refractivity contribution in [3.05, 3.63) is 0 Å². The Morgan fingerprint density at radius 3 is 0.747 bits per heavy atom. The molecule has 0 aliphatic heterocycles. The number of esters is 4. The van der Waals surface area contributed by atoms with Gasteiger partial charge in [0.25, 0.3) is 0 Å². The summed E-state index contributed by atoms with van der Waals surface area (Å²) >= 11 is 0. The Kier molecular flexibility index (Phi) is 66.5. The monoisotopic (exact) mass is 1400 g/mol. The molecule has 3 N–H and O–H groups in total. The third-order valence-electron chi connectivity index (χ3n) is 18.4. The number of phosphoric ester groups is 2. The summed E-state index contributed by atoms with van der Waals surface area (Å²) in [5, 5.41) is 10.6. The van der Waals surface area contributed by atoms with Crippen LogP contribution < -0.4 is 0 Å². The predicted octanol–water partition coefficient (Wildman–Crippen LogP) is 22.3. The lowest BCUT2D eigenvalue weighted by Gasteiger charge is -2.21. The van der Waals surface area contributed by atoms with E-state index in [-0.39, 0.29) is 25.7 Å². The van der Waals surface area contributed by atoms with Crippen molar-refractivity contribution in [2.24, 2.45) is 11.8 Å². The maximum absolute atomic E-state index is 13.1. The Balaban J connectivity index is 5.15. The van der Waals surface area contributed by atoms with Crippen molar-refractivity contribution in [2.75, 3.05) is 39.6 Å². The highest BCUT2D eigenvalue weighted by molar-refractivity contribution is 7.47. The van der Waals surface area contributed by atoms with Crippen LogP contribution in [0.15, 0.2) is 0 Å². The van der Waals surface area contributed by atoms with E-state index in [2.05, 4.69) is 41.5 Å². The van der Waals surface area contributed by atoms with Gasteiger partial charge in [0.1, 0.15) is 19.3 Å². The van der Waals surface area contributed by atoms with Crippen molar-refractivity contribution >= 4 is 39.5 Å². The van der Waals surface area contributed by atoms with Crippen LogP contribution >= 0.6 is 15.6 Å². The molecule has 0 radical (unpaired) electrons. The Morgan fingerprint density at radius 1 is 0.295 bits per heavy atom. The van der Waals surface area contributed by atoms with Crippen LogP contribution in [0.3, 0.4) is 0 Å². The van der Waals surface area contributed by atoms with Crippen molar-refractivity contribution in [2.45, 2.75) is 413 Å². The number of carbonyl (C=O) groups is 4. The molecule has 19 heteroatoms. The van der Waals surface area contributed by atoms with Crippen molar-refractivity contribution in [1.82, 2.24) is 0 Å². The maximum atomic E-state index is 13.1. The van der Waals surface area contributed by atoms with E-state index in [4.69, 9.17) is 37.0 Å². The van der Waals surface area contributed by atoms with Crippen LogP contribution in [0.5, 0.6) is 0 Å². The van der Waals surface area contributed by atoms with Gasteiger partial charge in [-0.2, -0.15) is 0 Å². The molecule has 0 aromatic heterocycles. The largest absolute Gasteiger partial charge is 0.472 e. The first-order chi connectivity index (χ1) is 45.9. The van der Waals surface area contributed by atoms with Gasteiger partial charge in [-0.25, -0.2) is 9.13 Å². The molecule has 0 aliphatic carbocycles. The van der Waals surface area contributed by atoms with E-state index in [0.29, 0.717) is 25.7 Å². The standard InChI is InChI=1S/C76H148O17P2/c1-7-11-13-15-16-17-18-19-26-32-37-42-48-54-60-75(80)92-71(64-86-73(78)58-52-44-14-12-8-2)66-90-94(82,83)88-62-70(77)63-89-95(84,85)91-67-72(93-76(81)61-55-49-43-38-33-28-23-21-25-30-35-40-46-51-57-69(6)10-4)65-87-74(79)59-53-47-41-36-31-27-22-20-24-29-34-39-45-50-56-68(5)9-3/h68-72,77H,7-67H2,1-6H3,(H,82,83)(H,84,85)/t68?,69?,70-,71+,72+/m0/s1. The molecule has 95 heavy (non-hydrogen) atoms. The molecule has 0 rings (SSSR count). The Morgan fingerprint density at radius 2 is 0.505 bits per heavy atom. The third kappa shape index (κ3) is 67.6. The lowest BCUT2D eigenvalue weighted by molar-refractivity contribution is -0.161. The number of hydrogen-bond acceptors (Lipinski definition) is 15. The molecule has 0 bridgehead atoms. The number of carbonyl (C=O) groups excluding carboxylic acids is 4. The number of aliphatic hydroxyl groups excluding tert-OH is 1. The van der Waals surface area contributed by atoms with Gasteiger partial charge in [0, 0.05) is 25.7 Å². The van der Waals surface area contributed by atoms with Gasteiger partial charge in [0.2, 0.25) is 0 Å². The quantitative estimate of drug-likeness (QED) is 0.0222. The molecule has 0 saturated carbocycles. The molecule has 0 amide bonds. The smallest absolute Gasteiger partial charge is 0.462 e. The van der Waals surface area contributed by atoms with Gasteiger partial charge >= 0.3 is 39.5 Å². The van der Waals surface area contributed by atoms with Crippen LogP contribution in [0.4, 0.5) is 0 Å². The van der Waals surface area contributed by atoms with Crippen molar-refractivity contribution in [1.29, 1.82) is 0 Å². The number of hydrogen-bond donors (Lipinski definition) is 3. The van der Waals surface area contributed by atoms with E-state index in [0.717, 1.165) is 108 Å². The summed E-state index contributed by atoms with van der Waals surface area (Å²) in [4.78, 5) is 72.5. The molecule has 0 aromatic rings. The summed E-state index contributed by atoms with van der Waals surface area (Å²) in [5.41, 5.74) is 0. The minimum absolute atomic E-state index is 0.107.